The van der Waals surface area contributed by atoms with Crippen molar-refractivity contribution in [3.05, 3.63) is 29.8 Å². The molecule has 116 valence electrons. The molecule has 1 amide bonds. The molecule has 0 heterocycles. The fourth-order valence-electron chi connectivity index (χ4n) is 1.69. The summed E-state index contributed by atoms with van der Waals surface area (Å²) in [6, 6.07) is 6.45. The Bertz CT molecular complexity index is 546. The van der Waals surface area contributed by atoms with Gasteiger partial charge in [0.1, 0.15) is 5.25 Å². The molecule has 0 saturated carbocycles. The molecular formula is C15H21NO4S. The summed E-state index contributed by atoms with van der Waals surface area (Å²) in [5.41, 5.74) is 0.260. The number of carboxylic acids is 1. The van der Waals surface area contributed by atoms with Crippen molar-refractivity contribution in [1.29, 1.82) is 0 Å². The average Bonchev–Trinajstić information content (AvgIpc) is 2.35. The van der Waals surface area contributed by atoms with Gasteiger partial charge in [-0.25, -0.2) is 0 Å². The molecule has 0 fully saturated rings. The molecule has 0 aliphatic rings. The van der Waals surface area contributed by atoms with Gasteiger partial charge in [-0.05, 0) is 45.4 Å². The van der Waals surface area contributed by atoms with Crippen LogP contribution >= 0.6 is 0 Å². The van der Waals surface area contributed by atoms with Gasteiger partial charge in [0.2, 0.25) is 5.91 Å². The summed E-state index contributed by atoms with van der Waals surface area (Å²) in [4.78, 5) is 23.1. The molecule has 0 bridgehead atoms. The number of hydrogen-bond acceptors (Lipinski definition) is 3. The Hall–Kier alpha value is -1.69. The largest absolute Gasteiger partial charge is 0.481 e. The van der Waals surface area contributed by atoms with Gasteiger partial charge in [0.25, 0.3) is 0 Å². The van der Waals surface area contributed by atoms with Crippen LogP contribution in [0.3, 0.4) is 0 Å². The van der Waals surface area contributed by atoms with Crippen molar-refractivity contribution in [1.82, 2.24) is 5.32 Å². The van der Waals surface area contributed by atoms with Crippen LogP contribution in [-0.2, 0) is 26.8 Å². The van der Waals surface area contributed by atoms with E-state index in [0.29, 0.717) is 10.5 Å². The second-order valence-electron chi connectivity index (χ2n) is 5.89. The normalized spacial score (nSPS) is 14.3. The number of amides is 1. The summed E-state index contributed by atoms with van der Waals surface area (Å²) in [5, 5.41) is 10.8. The number of aliphatic carboxylic acids is 1. The lowest BCUT2D eigenvalue weighted by molar-refractivity contribution is -0.136. The number of hydrogen-bond donors (Lipinski definition) is 2. The van der Waals surface area contributed by atoms with Crippen LogP contribution in [0.2, 0.25) is 0 Å². The monoisotopic (exact) mass is 311 g/mol. The Morgan fingerprint density at radius 1 is 1.24 bits per heavy atom. The third kappa shape index (κ3) is 5.67. The number of carbonyl (C=O) groups is 2. The van der Waals surface area contributed by atoms with Gasteiger partial charge in [0.15, 0.2) is 0 Å². The van der Waals surface area contributed by atoms with E-state index < -0.39 is 22.0 Å². The van der Waals surface area contributed by atoms with Gasteiger partial charge in [0.05, 0.1) is 17.2 Å². The third-order valence-electron chi connectivity index (χ3n) is 2.70. The summed E-state index contributed by atoms with van der Waals surface area (Å²) >= 11 is 0. The summed E-state index contributed by atoms with van der Waals surface area (Å²) in [7, 11) is -1.47. The second kappa shape index (κ2) is 6.85. The van der Waals surface area contributed by atoms with E-state index >= 15 is 0 Å². The minimum absolute atomic E-state index is 0.0764. The van der Waals surface area contributed by atoms with Crippen molar-refractivity contribution in [2.75, 3.05) is 0 Å². The molecule has 0 saturated heterocycles. The van der Waals surface area contributed by atoms with Gasteiger partial charge in [-0.3, -0.25) is 13.8 Å². The summed E-state index contributed by atoms with van der Waals surface area (Å²) < 4.78 is 12.3. The van der Waals surface area contributed by atoms with Crippen LogP contribution in [-0.4, -0.2) is 32.0 Å². The van der Waals surface area contributed by atoms with Crippen LogP contribution in [0.15, 0.2) is 29.2 Å². The Balaban J connectivity index is 2.78. The number of carbonyl (C=O) groups excluding carboxylic acids is 1. The maximum absolute atomic E-state index is 12.3. The highest BCUT2D eigenvalue weighted by molar-refractivity contribution is 7.86. The number of carboxylic acid groups (broad SMARTS) is 1. The first-order valence-electron chi connectivity index (χ1n) is 6.63. The Kier molecular flexibility index (Phi) is 5.66. The topological polar surface area (TPSA) is 83.5 Å². The average molecular weight is 311 g/mol. The maximum Gasteiger partial charge on any atom is 0.307 e. The number of benzene rings is 1. The highest BCUT2D eigenvalue weighted by Crippen LogP contribution is 2.14. The van der Waals surface area contributed by atoms with Crippen LogP contribution in [0.1, 0.15) is 33.3 Å². The fourth-order valence-corrected chi connectivity index (χ4v) is 2.75. The Morgan fingerprint density at radius 3 is 2.19 bits per heavy atom. The Morgan fingerprint density at radius 2 is 1.76 bits per heavy atom. The second-order valence-corrected chi connectivity index (χ2v) is 7.67. The molecule has 1 rings (SSSR count). The molecule has 1 aromatic carbocycles. The van der Waals surface area contributed by atoms with Gasteiger partial charge >= 0.3 is 5.97 Å². The van der Waals surface area contributed by atoms with E-state index in [-0.39, 0.29) is 17.9 Å². The summed E-state index contributed by atoms with van der Waals surface area (Å²) in [6.45, 7) is 7.20. The predicted molar refractivity (Wildman–Crippen MR) is 81.5 cm³/mol. The van der Waals surface area contributed by atoms with Crippen molar-refractivity contribution >= 4 is 22.7 Å². The fraction of sp³-hybridized carbons (Fsp3) is 0.467. The first-order chi connectivity index (χ1) is 9.60. The van der Waals surface area contributed by atoms with Gasteiger partial charge in [0, 0.05) is 10.4 Å². The molecule has 6 heteroatoms. The van der Waals surface area contributed by atoms with Gasteiger partial charge in [-0.15, -0.1) is 0 Å². The maximum atomic E-state index is 12.3. The highest BCUT2D eigenvalue weighted by atomic mass is 32.2. The minimum atomic E-state index is -1.47. The van der Waals surface area contributed by atoms with Gasteiger partial charge in [-0.1, -0.05) is 12.1 Å². The molecule has 2 atom stereocenters. The van der Waals surface area contributed by atoms with Gasteiger partial charge in [-0.2, -0.15) is 0 Å². The molecule has 2 N–H and O–H groups in total. The molecule has 0 spiro atoms. The molecule has 0 radical (unpaired) electrons. The van der Waals surface area contributed by atoms with E-state index in [9.17, 15) is 13.8 Å². The van der Waals surface area contributed by atoms with Crippen LogP contribution in [0.5, 0.6) is 0 Å². The zero-order valence-corrected chi connectivity index (χ0v) is 13.5. The smallest absolute Gasteiger partial charge is 0.307 e. The summed E-state index contributed by atoms with van der Waals surface area (Å²) in [5.74, 6) is -1.18. The zero-order chi connectivity index (χ0) is 16.2. The van der Waals surface area contributed by atoms with E-state index in [4.69, 9.17) is 5.11 Å². The van der Waals surface area contributed by atoms with E-state index in [0.717, 1.165) is 0 Å². The van der Waals surface area contributed by atoms with Crippen LogP contribution in [0.4, 0.5) is 0 Å². The van der Waals surface area contributed by atoms with Gasteiger partial charge < -0.3 is 10.4 Å². The standard InChI is InChI=1S/C15H21NO4S/c1-10(14(19)16-15(2,3)4)21(20)12-7-5-11(6-8-12)9-13(17)18/h5-8,10H,9H2,1-4H3,(H,16,19)(H,17,18). The Labute approximate surface area is 127 Å². The van der Waals surface area contributed by atoms with Crippen molar-refractivity contribution in [2.24, 2.45) is 0 Å². The molecule has 0 aromatic heterocycles. The molecule has 0 aliphatic carbocycles. The molecule has 21 heavy (non-hydrogen) atoms. The lowest BCUT2D eigenvalue weighted by Crippen LogP contribution is -2.46. The predicted octanol–water partition coefficient (Wildman–Crippen LogP) is 1.72. The minimum Gasteiger partial charge on any atom is -0.481 e. The van der Waals surface area contributed by atoms with Crippen molar-refractivity contribution < 1.29 is 18.9 Å². The number of rotatable bonds is 5. The molecule has 0 aliphatic heterocycles. The van der Waals surface area contributed by atoms with Crippen molar-refractivity contribution in [2.45, 2.75) is 49.8 Å². The first-order valence-corrected chi connectivity index (χ1v) is 7.85. The number of nitrogens with one attached hydrogen (secondary N) is 1. The van der Waals surface area contributed by atoms with E-state index in [1.807, 2.05) is 20.8 Å². The van der Waals surface area contributed by atoms with Crippen molar-refractivity contribution in [3.8, 4) is 0 Å². The first kappa shape index (κ1) is 17.4. The highest BCUT2D eigenvalue weighted by Gasteiger charge is 2.24. The van der Waals surface area contributed by atoms with E-state index in [2.05, 4.69) is 5.32 Å². The molecule has 1 aromatic rings. The summed E-state index contributed by atoms with van der Waals surface area (Å²) in [6.07, 6.45) is -0.0764. The lowest BCUT2D eigenvalue weighted by Gasteiger charge is -2.23. The quantitative estimate of drug-likeness (QED) is 0.867. The third-order valence-corrected chi connectivity index (χ3v) is 4.29. The van der Waals surface area contributed by atoms with Crippen molar-refractivity contribution in [3.63, 3.8) is 0 Å². The van der Waals surface area contributed by atoms with E-state index in [1.54, 1.807) is 31.2 Å². The van der Waals surface area contributed by atoms with E-state index in [1.165, 1.54) is 0 Å². The molecule has 2 unspecified atom stereocenters. The molecular weight excluding hydrogens is 290 g/mol. The lowest BCUT2D eigenvalue weighted by atomic mass is 10.1. The SMILES string of the molecule is CC(C(=O)NC(C)(C)C)S(=O)c1ccc(CC(=O)O)cc1. The molecule has 5 nitrogen and oxygen atoms in total. The zero-order valence-electron chi connectivity index (χ0n) is 12.7. The van der Waals surface area contributed by atoms with Crippen LogP contribution < -0.4 is 5.32 Å². The van der Waals surface area contributed by atoms with Crippen LogP contribution in [0, 0.1) is 0 Å². The van der Waals surface area contributed by atoms with Crippen LogP contribution in [0.25, 0.3) is 0 Å².